The Morgan fingerprint density at radius 1 is 1.19 bits per heavy atom. The summed E-state index contributed by atoms with van der Waals surface area (Å²) < 4.78 is 13.4. The fraction of sp³-hybridized carbons (Fsp3) is 0.526. The summed E-state index contributed by atoms with van der Waals surface area (Å²) in [6.07, 6.45) is 4.56. The second kappa shape index (κ2) is 9.31. The van der Waals surface area contributed by atoms with Crippen molar-refractivity contribution in [2.24, 2.45) is 5.92 Å². The molecule has 0 aromatic heterocycles. The molecule has 1 aromatic rings. The molecule has 2 rings (SSSR count). The van der Waals surface area contributed by atoms with E-state index in [-0.39, 0.29) is 12.3 Å². The lowest BCUT2D eigenvalue weighted by Crippen LogP contribution is -2.54. The maximum atomic E-state index is 13.4. The molecular formula is C19H25FN2O4. The number of halogens is 1. The number of carboxylic acids is 1. The Labute approximate surface area is 152 Å². The van der Waals surface area contributed by atoms with Gasteiger partial charge in [0.25, 0.3) is 0 Å². The van der Waals surface area contributed by atoms with E-state index in [1.807, 2.05) is 0 Å². The fourth-order valence-corrected chi connectivity index (χ4v) is 3.46. The van der Waals surface area contributed by atoms with Gasteiger partial charge in [-0.15, -0.1) is 0 Å². The van der Waals surface area contributed by atoms with Gasteiger partial charge in [0, 0.05) is 13.3 Å². The highest BCUT2D eigenvalue weighted by molar-refractivity contribution is 5.90. The molecular weight excluding hydrogens is 339 g/mol. The zero-order valence-corrected chi connectivity index (χ0v) is 14.8. The van der Waals surface area contributed by atoms with Crippen LogP contribution in [0.4, 0.5) is 4.39 Å². The summed E-state index contributed by atoms with van der Waals surface area (Å²) in [5.41, 5.74) is 0.545. The minimum absolute atomic E-state index is 0.0835. The molecule has 0 heterocycles. The molecule has 26 heavy (non-hydrogen) atoms. The Kier molecular flexibility index (Phi) is 7.12. The Morgan fingerprint density at radius 2 is 1.88 bits per heavy atom. The molecule has 6 nitrogen and oxygen atoms in total. The van der Waals surface area contributed by atoms with E-state index in [9.17, 15) is 23.9 Å². The number of carbonyl (C=O) groups is 3. The van der Waals surface area contributed by atoms with Crippen molar-refractivity contribution >= 4 is 17.8 Å². The summed E-state index contributed by atoms with van der Waals surface area (Å²) in [5, 5.41) is 14.6. The van der Waals surface area contributed by atoms with E-state index in [2.05, 4.69) is 10.6 Å². The van der Waals surface area contributed by atoms with Crippen LogP contribution in [0.2, 0.25) is 0 Å². The van der Waals surface area contributed by atoms with Crippen LogP contribution < -0.4 is 10.6 Å². The van der Waals surface area contributed by atoms with Crippen LogP contribution in [0.3, 0.4) is 0 Å². The smallest absolute Gasteiger partial charge is 0.326 e. The molecule has 3 N–H and O–H groups in total. The number of hydrogen-bond donors (Lipinski definition) is 3. The van der Waals surface area contributed by atoms with Gasteiger partial charge in [0.15, 0.2) is 0 Å². The number of aliphatic carboxylic acids is 1. The van der Waals surface area contributed by atoms with Crippen molar-refractivity contribution in [3.8, 4) is 0 Å². The Balaban J connectivity index is 2.10. The first kappa shape index (κ1) is 19.9. The Bertz CT molecular complexity index is 659. The van der Waals surface area contributed by atoms with Crippen LogP contribution in [-0.4, -0.2) is 35.0 Å². The molecule has 1 fully saturated rings. The second-order valence-electron chi connectivity index (χ2n) is 6.81. The number of rotatable bonds is 7. The number of benzene rings is 1. The molecule has 1 saturated carbocycles. The number of hydrogen-bond acceptors (Lipinski definition) is 3. The van der Waals surface area contributed by atoms with Gasteiger partial charge >= 0.3 is 5.97 Å². The molecule has 0 saturated heterocycles. The van der Waals surface area contributed by atoms with E-state index in [0.717, 1.165) is 32.1 Å². The standard InChI is InChI=1S/C19H25FN2O4/c1-12(23)21-16(11-13-6-5-9-15(20)10-13)18(24)22-17(19(25)26)14-7-3-2-4-8-14/h5-6,9-10,14,16-17H,2-4,7-8,11H2,1H3,(H,21,23)(H,22,24)(H,25,26)/t16-,17+/m0/s1. The molecule has 1 aliphatic rings. The van der Waals surface area contributed by atoms with Gasteiger partial charge in [-0.05, 0) is 36.5 Å². The quantitative estimate of drug-likeness (QED) is 0.690. The summed E-state index contributed by atoms with van der Waals surface area (Å²) in [6.45, 7) is 1.28. The lowest BCUT2D eigenvalue weighted by molar-refractivity contribution is -0.144. The summed E-state index contributed by atoms with van der Waals surface area (Å²) in [5.74, 6) is -2.60. The summed E-state index contributed by atoms with van der Waals surface area (Å²) in [7, 11) is 0. The van der Waals surface area contributed by atoms with Crippen molar-refractivity contribution in [1.29, 1.82) is 0 Å². The SMILES string of the molecule is CC(=O)N[C@@H](Cc1cccc(F)c1)C(=O)N[C@@H](C(=O)O)C1CCCCC1. The predicted molar refractivity (Wildman–Crippen MR) is 93.9 cm³/mol. The molecule has 1 aromatic carbocycles. The van der Waals surface area contributed by atoms with E-state index < -0.39 is 35.7 Å². The molecule has 142 valence electrons. The van der Waals surface area contributed by atoms with E-state index in [0.29, 0.717) is 5.56 Å². The third kappa shape index (κ3) is 5.82. The molecule has 0 unspecified atom stereocenters. The average Bonchev–Trinajstić information content (AvgIpc) is 2.59. The van der Waals surface area contributed by atoms with E-state index in [4.69, 9.17) is 0 Å². The van der Waals surface area contributed by atoms with Crippen molar-refractivity contribution in [3.63, 3.8) is 0 Å². The van der Waals surface area contributed by atoms with Crippen LogP contribution in [0.1, 0.15) is 44.6 Å². The van der Waals surface area contributed by atoms with Gasteiger partial charge in [0.1, 0.15) is 17.9 Å². The Morgan fingerprint density at radius 3 is 2.46 bits per heavy atom. The minimum Gasteiger partial charge on any atom is -0.480 e. The van der Waals surface area contributed by atoms with Gasteiger partial charge in [0.05, 0.1) is 0 Å². The number of carbonyl (C=O) groups excluding carboxylic acids is 2. The first-order valence-corrected chi connectivity index (χ1v) is 8.91. The monoisotopic (exact) mass is 364 g/mol. The van der Waals surface area contributed by atoms with Gasteiger partial charge in [-0.1, -0.05) is 31.4 Å². The zero-order chi connectivity index (χ0) is 19.1. The maximum Gasteiger partial charge on any atom is 0.326 e. The molecule has 7 heteroatoms. The molecule has 0 spiro atoms. The molecule has 0 radical (unpaired) electrons. The highest BCUT2D eigenvalue weighted by Gasteiger charge is 2.33. The van der Waals surface area contributed by atoms with Crippen LogP contribution in [0.15, 0.2) is 24.3 Å². The van der Waals surface area contributed by atoms with Crippen LogP contribution in [0.5, 0.6) is 0 Å². The largest absolute Gasteiger partial charge is 0.480 e. The number of nitrogens with one attached hydrogen (secondary N) is 2. The predicted octanol–water partition coefficient (Wildman–Crippen LogP) is 2.02. The van der Waals surface area contributed by atoms with Crippen LogP contribution >= 0.6 is 0 Å². The van der Waals surface area contributed by atoms with Crippen LogP contribution in [0, 0.1) is 11.7 Å². The van der Waals surface area contributed by atoms with Crippen molar-refractivity contribution in [1.82, 2.24) is 10.6 Å². The van der Waals surface area contributed by atoms with Gasteiger partial charge < -0.3 is 15.7 Å². The van der Waals surface area contributed by atoms with Gasteiger partial charge in [-0.3, -0.25) is 9.59 Å². The molecule has 1 aliphatic carbocycles. The van der Waals surface area contributed by atoms with E-state index in [1.54, 1.807) is 6.07 Å². The fourth-order valence-electron chi connectivity index (χ4n) is 3.46. The van der Waals surface area contributed by atoms with Crippen molar-refractivity contribution in [3.05, 3.63) is 35.6 Å². The Hall–Kier alpha value is -2.44. The molecule has 2 atom stereocenters. The van der Waals surface area contributed by atoms with E-state index in [1.165, 1.54) is 25.1 Å². The first-order chi connectivity index (χ1) is 12.4. The van der Waals surface area contributed by atoms with Gasteiger partial charge in [-0.2, -0.15) is 0 Å². The normalized spacial score (nSPS) is 17.2. The van der Waals surface area contributed by atoms with Gasteiger partial charge in [0.2, 0.25) is 11.8 Å². The van der Waals surface area contributed by atoms with Crippen LogP contribution in [-0.2, 0) is 20.8 Å². The maximum absolute atomic E-state index is 13.4. The molecule has 2 amide bonds. The highest BCUT2D eigenvalue weighted by Crippen LogP contribution is 2.26. The topological polar surface area (TPSA) is 95.5 Å². The highest BCUT2D eigenvalue weighted by atomic mass is 19.1. The third-order valence-electron chi connectivity index (χ3n) is 4.71. The zero-order valence-electron chi connectivity index (χ0n) is 14.8. The minimum atomic E-state index is -1.07. The number of amides is 2. The lowest BCUT2D eigenvalue weighted by Gasteiger charge is -2.29. The third-order valence-corrected chi connectivity index (χ3v) is 4.71. The molecule has 0 aliphatic heterocycles. The number of carboxylic acid groups (broad SMARTS) is 1. The van der Waals surface area contributed by atoms with Gasteiger partial charge in [-0.25, -0.2) is 9.18 Å². The summed E-state index contributed by atoms with van der Waals surface area (Å²) >= 11 is 0. The molecule has 0 bridgehead atoms. The van der Waals surface area contributed by atoms with Crippen molar-refractivity contribution < 1.29 is 23.9 Å². The van der Waals surface area contributed by atoms with Crippen LogP contribution in [0.25, 0.3) is 0 Å². The van der Waals surface area contributed by atoms with Crippen molar-refractivity contribution in [2.75, 3.05) is 0 Å². The summed E-state index contributed by atoms with van der Waals surface area (Å²) in [4.78, 5) is 35.7. The average molecular weight is 364 g/mol. The second-order valence-corrected chi connectivity index (χ2v) is 6.81. The first-order valence-electron chi connectivity index (χ1n) is 8.91. The summed E-state index contributed by atoms with van der Waals surface area (Å²) in [6, 6.07) is 3.82. The van der Waals surface area contributed by atoms with E-state index >= 15 is 0 Å². The van der Waals surface area contributed by atoms with Crippen molar-refractivity contribution in [2.45, 2.75) is 57.5 Å². The lowest BCUT2D eigenvalue weighted by atomic mass is 9.83.